The molecule has 82 valence electrons. The van der Waals surface area contributed by atoms with Gasteiger partial charge in [-0.15, -0.1) is 11.6 Å². The molecule has 0 aliphatic heterocycles. The molecule has 0 fully saturated rings. The first-order valence-corrected chi connectivity index (χ1v) is 5.02. The zero-order chi connectivity index (χ0) is 11.1. The summed E-state index contributed by atoms with van der Waals surface area (Å²) in [6.07, 6.45) is 0. The summed E-state index contributed by atoms with van der Waals surface area (Å²) < 4.78 is 5.19. The van der Waals surface area contributed by atoms with Crippen molar-refractivity contribution in [3.63, 3.8) is 0 Å². The van der Waals surface area contributed by atoms with Crippen LogP contribution in [0.2, 0.25) is 0 Å². The van der Waals surface area contributed by atoms with E-state index in [1.165, 1.54) is 0 Å². The molecule has 0 heterocycles. The average Bonchev–Trinajstić information content (AvgIpc) is 2.28. The molecule has 4 nitrogen and oxygen atoms in total. The van der Waals surface area contributed by atoms with E-state index in [2.05, 4.69) is 4.99 Å². The summed E-state index contributed by atoms with van der Waals surface area (Å²) in [6, 6.07) is 7.06. The average molecular weight is 229 g/mol. The second-order valence-corrected chi connectivity index (χ2v) is 3.07. The summed E-state index contributed by atoms with van der Waals surface area (Å²) in [4.78, 5) is 4.06. The van der Waals surface area contributed by atoms with Crippen molar-refractivity contribution in [3.8, 4) is 5.75 Å². The Morgan fingerprint density at radius 3 is 2.60 bits per heavy atom. The first kappa shape index (κ1) is 11.8. The van der Waals surface area contributed by atoms with E-state index in [-0.39, 0.29) is 19.1 Å². The molecule has 0 aliphatic carbocycles. The van der Waals surface area contributed by atoms with Crippen LogP contribution in [-0.4, -0.2) is 30.0 Å². The summed E-state index contributed by atoms with van der Waals surface area (Å²) in [5, 5.41) is 8.55. The summed E-state index contributed by atoms with van der Waals surface area (Å²) in [5.41, 5.74) is 6.20. The van der Waals surface area contributed by atoms with Gasteiger partial charge in [0.15, 0.2) is 0 Å². The first-order chi connectivity index (χ1) is 7.26. The Balaban J connectivity index is 2.64. The lowest BCUT2D eigenvalue weighted by Gasteiger charge is -2.03. The van der Waals surface area contributed by atoms with Crippen molar-refractivity contribution in [3.05, 3.63) is 24.3 Å². The third-order valence-corrected chi connectivity index (χ3v) is 1.88. The maximum absolute atomic E-state index is 8.55. The van der Waals surface area contributed by atoms with Gasteiger partial charge in [-0.3, -0.25) is 0 Å². The van der Waals surface area contributed by atoms with Crippen molar-refractivity contribution in [2.45, 2.75) is 0 Å². The van der Waals surface area contributed by atoms with Gasteiger partial charge in [-0.1, -0.05) is 0 Å². The van der Waals surface area contributed by atoms with Gasteiger partial charge in [0.1, 0.15) is 18.2 Å². The number of amidine groups is 1. The van der Waals surface area contributed by atoms with Crippen molar-refractivity contribution in [1.82, 2.24) is 0 Å². The number of nitrogens with zero attached hydrogens (tertiary/aromatic N) is 1. The van der Waals surface area contributed by atoms with E-state index in [0.29, 0.717) is 11.6 Å². The van der Waals surface area contributed by atoms with Gasteiger partial charge in [0.2, 0.25) is 0 Å². The molecular formula is C10H13ClN2O2. The maximum Gasteiger partial charge on any atom is 0.119 e. The smallest absolute Gasteiger partial charge is 0.119 e. The van der Waals surface area contributed by atoms with Gasteiger partial charge < -0.3 is 15.6 Å². The Hall–Kier alpha value is -1.26. The van der Waals surface area contributed by atoms with Gasteiger partial charge in [-0.05, 0) is 24.3 Å². The normalized spacial score (nSPS) is 11.5. The fraction of sp³-hybridized carbons (Fsp3) is 0.300. The molecule has 1 aromatic carbocycles. The standard InChI is InChI=1S/C10H13ClN2O2/c11-7-10(12)13-8-1-3-9(4-2-8)15-6-5-14/h1-4,14H,5-7H2,(H2,12,13). The zero-order valence-corrected chi connectivity index (χ0v) is 8.94. The molecule has 0 aliphatic rings. The molecule has 1 aromatic rings. The van der Waals surface area contributed by atoms with Crippen molar-refractivity contribution in [2.75, 3.05) is 19.1 Å². The Bertz CT molecular complexity index is 325. The monoisotopic (exact) mass is 228 g/mol. The second kappa shape index (κ2) is 6.27. The molecule has 0 atom stereocenters. The molecule has 0 saturated carbocycles. The Labute approximate surface area is 93.3 Å². The highest BCUT2D eigenvalue weighted by Gasteiger charge is 1.95. The molecule has 15 heavy (non-hydrogen) atoms. The third-order valence-electron chi connectivity index (χ3n) is 1.61. The molecule has 0 radical (unpaired) electrons. The molecule has 0 unspecified atom stereocenters. The van der Waals surface area contributed by atoms with Crippen LogP contribution in [0.4, 0.5) is 5.69 Å². The van der Waals surface area contributed by atoms with Crippen molar-refractivity contribution >= 4 is 23.1 Å². The molecule has 3 N–H and O–H groups in total. The lowest BCUT2D eigenvalue weighted by Crippen LogP contribution is -2.12. The van der Waals surface area contributed by atoms with Crippen LogP contribution in [0.1, 0.15) is 0 Å². The molecule has 1 rings (SSSR count). The van der Waals surface area contributed by atoms with E-state index < -0.39 is 0 Å². The van der Waals surface area contributed by atoms with E-state index >= 15 is 0 Å². The summed E-state index contributed by atoms with van der Waals surface area (Å²) in [5.74, 6) is 1.27. The maximum atomic E-state index is 8.55. The fourth-order valence-corrected chi connectivity index (χ4v) is 1.04. The number of rotatable bonds is 5. The van der Waals surface area contributed by atoms with Crippen molar-refractivity contribution in [1.29, 1.82) is 0 Å². The van der Waals surface area contributed by atoms with Crippen LogP contribution in [-0.2, 0) is 0 Å². The molecule has 5 heteroatoms. The number of hydrogen-bond acceptors (Lipinski definition) is 3. The van der Waals surface area contributed by atoms with Crippen LogP contribution < -0.4 is 10.5 Å². The minimum absolute atomic E-state index is 0.000893. The lowest BCUT2D eigenvalue weighted by atomic mass is 10.3. The molecule has 0 amide bonds. The molecule has 0 saturated heterocycles. The van der Waals surface area contributed by atoms with E-state index in [4.69, 9.17) is 27.2 Å². The van der Waals surface area contributed by atoms with E-state index in [0.717, 1.165) is 5.69 Å². The number of aliphatic hydroxyl groups is 1. The van der Waals surface area contributed by atoms with E-state index in [9.17, 15) is 0 Å². The van der Waals surface area contributed by atoms with Crippen molar-refractivity contribution < 1.29 is 9.84 Å². The van der Waals surface area contributed by atoms with Gasteiger partial charge in [0.25, 0.3) is 0 Å². The number of benzene rings is 1. The number of nitrogens with two attached hydrogens (primary N) is 1. The molecular weight excluding hydrogens is 216 g/mol. The number of ether oxygens (including phenoxy) is 1. The highest BCUT2D eigenvalue weighted by Crippen LogP contribution is 2.17. The van der Waals surface area contributed by atoms with E-state index in [1.54, 1.807) is 24.3 Å². The molecule has 0 bridgehead atoms. The van der Waals surface area contributed by atoms with Crippen LogP contribution in [0, 0.1) is 0 Å². The lowest BCUT2D eigenvalue weighted by molar-refractivity contribution is 0.201. The fourth-order valence-electron chi connectivity index (χ4n) is 0.976. The summed E-state index contributed by atoms with van der Waals surface area (Å²) in [7, 11) is 0. The first-order valence-electron chi connectivity index (χ1n) is 4.49. The number of aliphatic hydroxyl groups excluding tert-OH is 1. The minimum atomic E-state index is -0.000893. The third kappa shape index (κ3) is 4.18. The minimum Gasteiger partial charge on any atom is -0.491 e. The van der Waals surface area contributed by atoms with Gasteiger partial charge in [-0.25, -0.2) is 4.99 Å². The molecule has 0 aromatic heterocycles. The predicted octanol–water partition coefficient (Wildman–Crippen LogP) is 1.29. The predicted molar refractivity (Wildman–Crippen MR) is 61.0 cm³/mol. The summed E-state index contributed by atoms with van der Waals surface area (Å²) in [6.45, 7) is 0.283. The number of hydrogen-bond donors (Lipinski definition) is 2. The topological polar surface area (TPSA) is 67.8 Å². The Morgan fingerprint density at radius 1 is 1.40 bits per heavy atom. The SMILES string of the molecule is NC(CCl)=Nc1ccc(OCCO)cc1. The van der Waals surface area contributed by atoms with Crippen LogP contribution >= 0.6 is 11.6 Å². The molecule has 0 spiro atoms. The van der Waals surface area contributed by atoms with Gasteiger partial charge in [0, 0.05) is 0 Å². The highest BCUT2D eigenvalue weighted by atomic mass is 35.5. The van der Waals surface area contributed by atoms with Crippen LogP contribution in [0.15, 0.2) is 29.3 Å². The number of alkyl halides is 1. The van der Waals surface area contributed by atoms with Crippen LogP contribution in [0.25, 0.3) is 0 Å². The highest BCUT2D eigenvalue weighted by molar-refractivity contribution is 6.28. The van der Waals surface area contributed by atoms with E-state index in [1.807, 2.05) is 0 Å². The quantitative estimate of drug-likeness (QED) is 0.453. The van der Waals surface area contributed by atoms with Gasteiger partial charge in [-0.2, -0.15) is 0 Å². The Kier molecular flexibility index (Phi) is 4.93. The van der Waals surface area contributed by atoms with Gasteiger partial charge >= 0.3 is 0 Å². The summed E-state index contributed by atoms with van der Waals surface area (Å²) >= 11 is 5.49. The number of halogens is 1. The number of aliphatic imine (C=N–C) groups is 1. The Morgan fingerprint density at radius 2 is 2.07 bits per heavy atom. The van der Waals surface area contributed by atoms with Gasteiger partial charge in [0.05, 0.1) is 18.2 Å². The van der Waals surface area contributed by atoms with Crippen LogP contribution in [0.3, 0.4) is 0 Å². The van der Waals surface area contributed by atoms with Crippen LogP contribution in [0.5, 0.6) is 5.75 Å². The largest absolute Gasteiger partial charge is 0.491 e. The zero-order valence-electron chi connectivity index (χ0n) is 8.19. The second-order valence-electron chi connectivity index (χ2n) is 2.80. The van der Waals surface area contributed by atoms with Crippen molar-refractivity contribution in [2.24, 2.45) is 10.7 Å².